The summed E-state index contributed by atoms with van der Waals surface area (Å²) in [6, 6.07) is 4.06. The molecule has 0 spiro atoms. The van der Waals surface area contributed by atoms with Gasteiger partial charge in [0.15, 0.2) is 6.29 Å². The van der Waals surface area contributed by atoms with Crippen LogP contribution in [0.5, 0.6) is 0 Å². The molecular weight excluding hydrogens is 194 g/mol. The number of furan rings is 1. The van der Waals surface area contributed by atoms with Crippen molar-refractivity contribution in [1.82, 2.24) is 5.32 Å². The molecule has 0 aromatic carbocycles. The molecular formula is C11H19NO3. The van der Waals surface area contributed by atoms with Gasteiger partial charge in [-0.2, -0.15) is 0 Å². The van der Waals surface area contributed by atoms with Crippen LogP contribution in [0.4, 0.5) is 0 Å². The summed E-state index contributed by atoms with van der Waals surface area (Å²) in [5.74, 6) is 0.910. The molecule has 4 nitrogen and oxygen atoms in total. The highest BCUT2D eigenvalue weighted by molar-refractivity contribution is 5.03. The van der Waals surface area contributed by atoms with E-state index in [4.69, 9.17) is 13.9 Å². The van der Waals surface area contributed by atoms with Crippen LogP contribution in [0.25, 0.3) is 0 Å². The minimum atomic E-state index is -0.248. The maximum atomic E-state index is 5.30. The third-order valence-electron chi connectivity index (χ3n) is 2.36. The summed E-state index contributed by atoms with van der Waals surface area (Å²) in [4.78, 5) is 0. The largest absolute Gasteiger partial charge is 0.468 e. The molecule has 4 heteroatoms. The fraction of sp³-hybridized carbons (Fsp3) is 0.636. The Morgan fingerprint density at radius 1 is 1.27 bits per heavy atom. The third-order valence-corrected chi connectivity index (χ3v) is 2.36. The van der Waals surface area contributed by atoms with Gasteiger partial charge in [0.25, 0.3) is 0 Å². The van der Waals surface area contributed by atoms with Gasteiger partial charge >= 0.3 is 0 Å². The summed E-state index contributed by atoms with van der Waals surface area (Å²) in [7, 11) is 3.26. The first-order chi connectivity index (χ1) is 7.19. The van der Waals surface area contributed by atoms with Crippen LogP contribution in [0.3, 0.4) is 0 Å². The lowest BCUT2D eigenvalue weighted by Crippen LogP contribution is -2.40. The smallest absolute Gasteiger partial charge is 0.171 e. The molecule has 0 aliphatic carbocycles. The summed E-state index contributed by atoms with van der Waals surface area (Å²) in [6.07, 6.45) is 1.42. The fourth-order valence-electron chi connectivity index (χ4n) is 1.60. The Labute approximate surface area is 90.6 Å². The van der Waals surface area contributed by atoms with Crippen LogP contribution >= 0.6 is 0 Å². The van der Waals surface area contributed by atoms with Crippen LogP contribution in [0.15, 0.2) is 22.8 Å². The van der Waals surface area contributed by atoms with Crippen molar-refractivity contribution < 1.29 is 13.9 Å². The molecule has 0 saturated heterocycles. The number of ether oxygens (including phenoxy) is 2. The zero-order valence-electron chi connectivity index (χ0n) is 9.69. The SMILES string of the molecule is COC(OC)C(C)NC(C)c1ccco1. The Hall–Kier alpha value is -0.840. The minimum absolute atomic E-state index is 0.0973. The van der Waals surface area contributed by atoms with Crippen molar-refractivity contribution in [3.05, 3.63) is 24.2 Å². The van der Waals surface area contributed by atoms with Crippen molar-refractivity contribution in [2.45, 2.75) is 32.2 Å². The number of hydrogen-bond acceptors (Lipinski definition) is 4. The van der Waals surface area contributed by atoms with Crippen LogP contribution in [0.2, 0.25) is 0 Å². The Bertz CT molecular complexity index is 257. The summed E-state index contributed by atoms with van der Waals surface area (Å²) < 4.78 is 15.6. The van der Waals surface area contributed by atoms with Gasteiger partial charge in [-0.15, -0.1) is 0 Å². The molecule has 0 saturated carbocycles. The number of nitrogens with one attached hydrogen (secondary N) is 1. The average molecular weight is 213 g/mol. The van der Waals surface area contributed by atoms with Crippen LogP contribution in [0, 0.1) is 0 Å². The fourth-order valence-corrected chi connectivity index (χ4v) is 1.60. The van der Waals surface area contributed by atoms with Crippen molar-refractivity contribution in [1.29, 1.82) is 0 Å². The van der Waals surface area contributed by atoms with E-state index in [0.717, 1.165) is 5.76 Å². The Balaban J connectivity index is 2.47. The molecule has 0 amide bonds. The van der Waals surface area contributed by atoms with Crippen LogP contribution in [-0.2, 0) is 9.47 Å². The molecule has 0 aliphatic rings. The van der Waals surface area contributed by atoms with Crippen molar-refractivity contribution >= 4 is 0 Å². The number of rotatable bonds is 6. The van der Waals surface area contributed by atoms with Crippen LogP contribution in [0.1, 0.15) is 25.6 Å². The van der Waals surface area contributed by atoms with Gasteiger partial charge in [0.2, 0.25) is 0 Å². The first-order valence-electron chi connectivity index (χ1n) is 5.04. The highest BCUT2D eigenvalue weighted by Gasteiger charge is 2.19. The molecule has 1 rings (SSSR count). The lowest BCUT2D eigenvalue weighted by Gasteiger charge is -2.24. The van der Waals surface area contributed by atoms with Crippen molar-refractivity contribution in [2.24, 2.45) is 0 Å². The molecule has 2 atom stereocenters. The molecule has 1 N–H and O–H groups in total. The molecule has 0 radical (unpaired) electrons. The van der Waals surface area contributed by atoms with Crippen molar-refractivity contribution in [2.75, 3.05) is 14.2 Å². The molecule has 15 heavy (non-hydrogen) atoms. The predicted octanol–water partition coefficient (Wildman–Crippen LogP) is 1.94. The van der Waals surface area contributed by atoms with Gasteiger partial charge < -0.3 is 19.2 Å². The molecule has 1 aromatic rings. The van der Waals surface area contributed by atoms with E-state index in [1.807, 2.05) is 26.0 Å². The van der Waals surface area contributed by atoms with Gasteiger partial charge in [0, 0.05) is 14.2 Å². The highest BCUT2D eigenvalue weighted by Crippen LogP contribution is 2.14. The summed E-state index contributed by atoms with van der Waals surface area (Å²) in [5, 5.41) is 3.34. The van der Waals surface area contributed by atoms with Gasteiger partial charge in [0.05, 0.1) is 18.3 Å². The van der Waals surface area contributed by atoms with Crippen molar-refractivity contribution in [3.8, 4) is 0 Å². The topological polar surface area (TPSA) is 43.6 Å². The molecule has 0 fully saturated rings. The van der Waals surface area contributed by atoms with E-state index in [-0.39, 0.29) is 18.4 Å². The van der Waals surface area contributed by atoms with E-state index in [1.54, 1.807) is 20.5 Å². The first-order valence-corrected chi connectivity index (χ1v) is 5.04. The zero-order chi connectivity index (χ0) is 11.3. The maximum Gasteiger partial charge on any atom is 0.171 e. The van der Waals surface area contributed by atoms with E-state index >= 15 is 0 Å². The third kappa shape index (κ3) is 3.34. The molecule has 86 valence electrons. The Morgan fingerprint density at radius 2 is 1.93 bits per heavy atom. The second-order valence-electron chi connectivity index (χ2n) is 3.53. The van der Waals surface area contributed by atoms with Gasteiger partial charge in [-0.25, -0.2) is 0 Å². The monoisotopic (exact) mass is 213 g/mol. The highest BCUT2D eigenvalue weighted by atomic mass is 16.7. The van der Waals surface area contributed by atoms with Crippen LogP contribution < -0.4 is 5.32 Å². The molecule has 0 aliphatic heterocycles. The van der Waals surface area contributed by atoms with E-state index in [0.29, 0.717) is 0 Å². The van der Waals surface area contributed by atoms with Gasteiger partial charge in [-0.3, -0.25) is 0 Å². The van der Waals surface area contributed by atoms with E-state index < -0.39 is 0 Å². The lowest BCUT2D eigenvalue weighted by molar-refractivity contribution is -0.121. The zero-order valence-corrected chi connectivity index (χ0v) is 9.69. The number of hydrogen-bond donors (Lipinski definition) is 1. The minimum Gasteiger partial charge on any atom is -0.468 e. The summed E-state index contributed by atoms with van der Waals surface area (Å²) in [6.45, 7) is 4.05. The quantitative estimate of drug-likeness (QED) is 0.733. The molecule has 2 unspecified atom stereocenters. The molecule has 1 aromatic heterocycles. The van der Waals surface area contributed by atoms with Gasteiger partial charge in [-0.1, -0.05) is 0 Å². The van der Waals surface area contributed by atoms with Gasteiger partial charge in [0.1, 0.15) is 5.76 Å². The second kappa shape index (κ2) is 5.90. The summed E-state index contributed by atoms with van der Waals surface area (Å²) in [5.41, 5.74) is 0. The van der Waals surface area contributed by atoms with Crippen LogP contribution in [-0.4, -0.2) is 26.6 Å². The lowest BCUT2D eigenvalue weighted by atomic mass is 10.2. The van der Waals surface area contributed by atoms with Crippen molar-refractivity contribution in [3.63, 3.8) is 0 Å². The normalized spacial score (nSPS) is 15.5. The first kappa shape index (κ1) is 12.2. The van der Waals surface area contributed by atoms with Gasteiger partial charge in [-0.05, 0) is 26.0 Å². The average Bonchev–Trinajstić information content (AvgIpc) is 2.72. The standard InChI is InChI=1S/C11H19NO3/c1-8(10-6-5-7-15-10)12-9(2)11(13-3)14-4/h5-9,11-12H,1-4H3. The maximum absolute atomic E-state index is 5.30. The second-order valence-corrected chi connectivity index (χ2v) is 3.53. The molecule has 1 heterocycles. The Morgan fingerprint density at radius 3 is 2.40 bits per heavy atom. The van der Waals surface area contributed by atoms with E-state index in [1.165, 1.54) is 0 Å². The molecule has 0 bridgehead atoms. The summed E-state index contributed by atoms with van der Waals surface area (Å²) >= 11 is 0. The number of methoxy groups -OCH3 is 2. The Kier molecular flexibility index (Phi) is 4.81. The predicted molar refractivity (Wildman–Crippen MR) is 57.5 cm³/mol. The van der Waals surface area contributed by atoms with E-state index in [9.17, 15) is 0 Å². The van der Waals surface area contributed by atoms with E-state index in [2.05, 4.69) is 5.32 Å².